The molecule has 1 aromatic heterocycles. The van der Waals surface area contributed by atoms with Gasteiger partial charge in [-0.1, -0.05) is 53.7 Å². The molecule has 4 rings (SSSR count). The SMILES string of the molecule is Cc1c(Cl)cccc1-n1c(SCC(=O)Nc2ccccc2F)nc2ccccc2c1=O. The topological polar surface area (TPSA) is 64.0 Å². The Kier molecular flexibility index (Phi) is 6.06. The highest BCUT2D eigenvalue weighted by atomic mass is 35.5. The fraction of sp³-hybridized carbons (Fsp3) is 0.0870. The van der Waals surface area contributed by atoms with E-state index in [0.29, 0.717) is 26.8 Å². The molecular formula is C23H17ClFN3O2S. The number of carbonyl (C=O) groups excluding carboxylic acids is 1. The van der Waals surface area contributed by atoms with E-state index in [1.807, 2.05) is 6.92 Å². The van der Waals surface area contributed by atoms with Gasteiger partial charge in [-0.05, 0) is 48.9 Å². The Balaban J connectivity index is 1.73. The molecule has 0 bridgehead atoms. The van der Waals surface area contributed by atoms with Crippen molar-refractivity contribution in [2.45, 2.75) is 12.1 Å². The molecule has 3 aromatic carbocycles. The Morgan fingerprint density at radius 3 is 2.65 bits per heavy atom. The van der Waals surface area contributed by atoms with Crippen LogP contribution in [-0.2, 0) is 4.79 Å². The molecule has 4 aromatic rings. The summed E-state index contributed by atoms with van der Waals surface area (Å²) in [6.07, 6.45) is 0. The van der Waals surface area contributed by atoms with Gasteiger partial charge >= 0.3 is 0 Å². The number of benzene rings is 3. The lowest BCUT2D eigenvalue weighted by Gasteiger charge is -2.15. The quantitative estimate of drug-likeness (QED) is 0.332. The third kappa shape index (κ3) is 4.33. The van der Waals surface area contributed by atoms with E-state index < -0.39 is 11.7 Å². The van der Waals surface area contributed by atoms with E-state index in [2.05, 4.69) is 10.3 Å². The average Bonchev–Trinajstić information content (AvgIpc) is 2.76. The summed E-state index contributed by atoms with van der Waals surface area (Å²) in [7, 11) is 0. The largest absolute Gasteiger partial charge is 0.323 e. The van der Waals surface area contributed by atoms with Gasteiger partial charge in [0.2, 0.25) is 5.91 Å². The number of anilines is 1. The van der Waals surface area contributed by atoms with Crippen LogP contribution in [0.3, 0.4) is 0 Å². The Bertz CT molecular complexity index is 1360. The summed E-state index contributed by atoms with van der Waals surface area (Å²) < 4.78 is 15.3. The molecule has 0 saturated carbocycles. The monoisotopic (exact) mass is 453 g/mol. The van der Waals surface area contributed by atoms with Gasteiger partial charge in [-0.25, -0.2) is 9.37 Å². The van der Waals surface area contributed by atoms with Crippen molar-refractivity contribution in [1.82, 2.24) is 9.55 Å². The Hall–Kier alpha value is -3.16. The molecule has 1 N–H and O–H groups in total. The highest BCUT2D eigenvalue weighted by Crippen LogP contribution is 2.26. The molecule has 156 valence electrons. The van der Waals surface area contributed by atoms with Crippen LogP contribution in [0.1, 0.15) is 5.56 Å². The van der Waals surface area contributed by atoms with Gasteiger partial charge in [0, 0.05) is 5.02 Å². The van der Waals surface area contributed by atoms with Gasteiger partial charge in [0.05, 0.1) is 28.0 Å². The molecule has 0 aliphatic heterocycles. The Morgan fingerprint density at radius 1 is 1.10 bits per heavy atom. The smallest absolute Gasteiger partial charge is 0.266 e. The summed E-state index contributed by atoms with van der Waals surface area (Å²) in [5.74, 6) is -0.985. The molecule has 1 heterocycles. The Morgan fingerprint density at radius 2 is 1.84 bits per heavy atom. The van der Waals surface area contributed by atoms with Gasteiger partial charge in [-0.15, -0.1) is 0 Å². The fourth-order valence-electron chi connectivity index (χ4n) is 3.14. The summed E-state index contributed by atoms with van der Waals surface area (Å²) >= 11 is 7.37. The van der Waals surface area contributed by atoms with Crippen LogP contribution in [0.15, 0.2) is 76.7 Å². The van der Waals surface area contributed by atoms with E-state index in [1.165, 1.54) is 16.7 Å². The standard InChI is InChI=1S/C23H17ClFN3O2S/c1-14-16(24)8-6-12-20(14)28-22(30)15-7-2-4-10-18(15)27-23(28)31-13-21(29)26-19-11-5-3-9-17(19)25/h2-12H,13H2,1H3,(H,26,29). The fourth-order valence-corrected chi connectivity index (χ4v) is 4.11. The number of amides is 1. The number of nitrogens with zero attached hydrogens (tertiary/aromatic N) is 2. The van der Waals surface area contributed by atoms with Crippen LogP contribution in [0.2, 0.25) is 5.02 Å². The minimum atomic E-state index is -0.517. The van der Waals surface area contributed by atoms with Crippen LogP contribution < -0.4 is 10.9 Å². The second kappa shape index (κ2) is 8.91. The number of thioether (sulfide) groups is 1. The maximum Gasteiger partial charge on any atom is 0.266 e. The zero-order chi connectivity index (χ0) is 22.0. The van der Waals surface area contributed by atoms with Crippen LogP contribution in [0.5, 0.6) is 0 Å². The average molecular weight is 454 g/mol. The summed E-state index contributed by atoms with van der Waals surface area (Å²) in [6.45, 7) is 1.82. The van der Waals surface area contributed by atoms with Crippen molar-refractivity contribution < 1.29 is 9.18 Å². The molecule has 1 amide bonds. The minimum Gasteiger partial charge on any atom is -0.323 e. The number of carbonyl (C=O) groups is 1. The van der Waals surface area contributed by atoms with E-state index in [9.17, 15) is 14.0 Å². The first-order chi connectivity index (χ1) is 15.0. The van der Waals surface area contributed by atoms with E-state index in [0.717, 1.165) is 17.3 Å². The third-order valence-corrected chi connectivity index (χ3v) is 6.05. The highest BCUT2D eigenvalue weighted by Gasteiger charge is 2.17. The number of fused-ring (bicyclic) bond motifs is 1. The minimum absolute atomic E-state index is 0.0568. The molecule has 0 aliphatic carbocycles. The normalized spacial score (nSPS) is 10.9. The molecule has 31 heavy (non-hydrogen) atoms. The second-order valence-corrected chi connectivity index (χ2v) is 8.10. The van der Waals surface area contributed by atoms with E-state index >= 15 is 0 Å². The molecule has 5 nitrogen and oxygen atoms in total. The maximum absolute atomic E-state index is 13.8. The van der Waals surface area contributed by atoms with Crippen molar-refractivity contribution >= 4 is 45.9 Å². The molecule has 0 fully saturated rings. The van der Waals surface area contributed by atoms with Gasteiger partial charge in [0.1, 0.15) is 5.82 Å². The predicted octanol–water partition coefficient (Wildman–Crippen LogP) is 5.22. The lowest BCUT2D eigenvalue weighted by Crippen LogP contribution is -2.23. The summed E-state index contributed by atoms with van der Waals surface area (Å²) in [5.41, 5.74) is 1.69. The van der Waals surface area contributed by atoms with Gasteiger partial charge in [0.25, 0.3) is 5.56 Å². The van der Waals surface area contributed by atoms with Gasteiger partial charge in [-0.2, -0.15) is 0 Å². The van der Waals surface area contributed by atoms with Gasteiger partial charge in [-0.3, -0.25) is 14.2 Å². The lowest BCUT2D eigenvalue weighted by atomic mass is 10.2. The van der Waals surface area contributed by atoms with Crippen molar-refractivity contribution in [1.29, 1.82) is 0 Å². The molecular weight excluding hydrogens is 437 g/mol. The van der Waals surface area contributed by atoms with Crippen LogP contribution in [0.4, 0.5) is 10.1 Å². The summed E-state index contributed by atoms with van der Waals surface area (Å²) in [6, 6.07) is 18.2. The molecule has 0 atom stereocenters. The first kappa shape index (κ1) is 21.1. The molecule has 0 saturated heterocycles. The Labute approximate surface area is 186 Å². The number of halogens is 2. The third-order valence-electron chi connectivity index (χ3n) is 4.71. The van der Waals surface area contributed by atoms with Crippen LogP contribution in [-0.4, -0.2) is 21.2 Å². The highest BCUT2D eigenvalue weighted by molar-refractivity contribution is 7.99. The van der Waals surface area contributed by atoms with Crippen molar-refractivity contribution in [3.8, 4) is 5.69 Å². The first-order valence-electron chi connectivity index (χ1n) is 9.40. The summed E-state index contributed by atoms with van der Waals surface area (Å²) in [4.78, 5) is 30.3. The molecule has 0 spiro atoms. The molecule has 8 heteroatoms. The van der Waals surface area contributed by atoms with Crippen molar-refractivity contribution in [2.24, 2.45) is 0 Å². The number of hydrogen-bond donors (Lipinski definition) is 1. The van der Waals surface area contributed by atoms with Crippen LogP contribution in [0.25, 0.3) is 16.6 Å². The van der Waals surface area contributed by atoms with Crippen LogP contribution in [0, 0.1) is 12.7 Å². The zero-order valence-electron chi connectivity index (χ0n) is 16.4. The number of para-hydroxylation sites is 2. The van der Waals surface area contributed by atoms with Gasteiger partial charge < -0.3 is 5.32 Å². The zero-order valence-corrected chi connectivity index (χ0v) is 18.0. The maximum atomic E-state index is 13.8. The van der Waals surface area contributed by atoms with E-state index in [1.54, 1.807) is 54.6 Å². The molecule has 0 unspecified atom stereocenters. The van der Waals surface area contributed by atoms with E-state index in [-0.39, 0.29) is 17.0 Å². The van der Waals surface area contributed by atoms with Crippen LogP contribution >= 0.6 is 23.4 Å². The number of hydrogen-bond acceptors (Lipinski definition) is 4. The first-order valence-corrected chi connectivity index (χ1v) is 10.8. The van der Waals surface area contributed by atoms with Gasteiger partial charge in [0.15, 0.2) is 5.16 Å². The number of rotatable bonds is 5. The lowest BCUT2D eigenvalue weighted by molar-refractivity contribution is -0.113. The summed E-state index contributed by atoms with van der Waals surface area (Å²) in [5, 5.41) is 3.87. The van der Waals surface area contributed by atoms with Crippen molar-refractivity contribution in [3.63, 3.8) is 0 Å². The van der Waals surface area contributed by atoms with E-state index in [4.69, 9.17) is 11.6 Å². The predicted molar refractivity (Wildman–Crippen MR) is 123 cm³/mol. The second-order valence-electron chi connectivity index (χ2n) is 6.75. The van der Waals surface area contributed by atoms with Crippen molar-refractivity contribution in [3.05, 3.63) is 93.5 Å². The molecule has 0 aliphatic rings. The number of nitrogens with one attached hydrogen (secondary N) is 1. The number of aromatic nitrogens is 2. The van der Waals surface area contributed by atoms with Crippen molar-refractivity contribution in [2.75, 3.05) is 11.1 Å². The molecule has 0 radical (unpaired) electrons.